The Balaban J connectivity index is 2.28. The average Bonchev–Trinajstić information content (AvgIpc) is 2.76. The standard InChI is InChI=1S/C13H10ClFN4/c1-7-3-4-9(5-10(7)15)13-18-17-12-6-11(14)16-8(2)19(12)13/h3-6H,1-2H3. The van der Waals surface area contributed by atoms with E-state index in [0.717, 1.165) is 0 Å². The summed E-state index contributed by atoms with van der Waals surface area (Å²) in [6.45, 7) is 3.52. The zero-order valence-corrected chi connectivity index (χ0v) is 11.1. The first-order valence-corrected chi connectivity index (χ1v) is 6.09. The molecule has 3 rings (SSSR count). The van der Waals surface area contributed by atoms with Gasteiger partial charge in [-0.15, -0.1) is 10.2 Å². The molecule has 0 aliphatic rings. The highest BCUT2D eigenvalue weighted by atomic mass is 35.5. The molecule has 0 saturated carbocycles. The van der Waals surface area contributed by atoms with E-state index in [1.54, 1.807) is 30.4 Å². The highest BCUT2D eigenvalue weighted by molar-refractivity contribution is 6.29. The molecule has 19 heavy (non-hydrogen) atoms. The van der Waals surface area contributed by atoms with Crippen LogP contribution in [0.3, 0.4) is 0 Å². The zero-order chi connectivity index (χ0) is 13.6. The van der Waals surface area contributed by atoms with Gasteiger partial charge in [-0.1, -0.05) is 23.7 Å². The maximum Gasteiger partial charge on any atom is 0.169 e. The van der Waals surface area contributed by atoms with Crippen LogP contribution in [0.15, 0.2) is 24.3 Å². The molecule has 0 N–H and O–H groups in total. The second-order valence-corrected chi connectivity index (χ2v) is 4.69. The molecular weight excluding hydrogens is 267 g/mol. The summed E-state index contributed by atoms with van der Waals surface area (Å²) in [5, 5.41) is 8.48. The van der Waals surface area contributed by atoms with Crippen molar-refractivity contribution >= 4 is 17.2 Å². The predicted molar refractivity (Wildman–Crippen MR) is 70.7 cm³/mol. The first-order valence-electron chi connectivity index (χ1n) is 5.71. The van der Waals surface area contributed by atoms with Crippen molar-refractivity contribution in [3.05, 3.63) is 46.6 Å². The summed E-state index contributed by atoms with van der Waals surface area (Å²) in [7, 11) is 0. The van der Waals surface area contributed by atoms with Crippen LogP contribution in [0.2, 0.25) is 5.15 Å². The highest BCUT2D eigenvalue weighted by Crippen LogP contribution is 2.22. The Bertz CT molecular complexity index is 782. The van der Waals surface area contributed by atoms with E-state index in [2.05, 4.69) is 15.2 Å². The molecule has 0 saturated heterocycles. The summed E-state index contributed by atoms with van der Waals surface area (Å²) in [5.41, 5.74) is 1.84. The lowest BCUT2D eigenvalue weighted by Crippen LogP contribution is -1.98. The Kier molecular flexibility index (Phi) is 2.71. The molecule has 0 aliphatic carbocycles. The summed E-state index contributed by atoms with van der Waals surface area (Å²) < 4.78 is 15.4. The van der Waals surface area contributed by atoms with Crippen molar-refractivity contribution in [2.45, 2.75) is 13.8 Å². The van der Waals surface area contributed by atoms with Crippen molar-refractivity contribution in [1.82, 2.24) is 19.6 Å². The van der Waals surface area contributed by atoms with Gasteiger partial charge in [0.15, 0.2) is 11.5 Å². The second-order valence-electron chi connectivity index (χ2n) is 4.31. The predicted octanol–water partition coefficient (Wildman–Crippen LogP) is 3.20. The summed E-state index contributed by atoms with van der Waals surface area (Å²) in [4.78, 5) is 4.15. The fraction of sp³-hybridized carbons (Fsp3) is 0.154. The molecule has 0 amide bonds. The molecule has 4 nitrogen and oxygen atoms in total. The minimum atomic E-state index is -0.270. The molecule has 0 radical (unpaired) electrons. The lowest BCUT2D eigenvalue weighted by atomic mass is 10.1. The third-order valence-electron chi connectivity index (χ3n) is 2.96. The first kappa shape index (κ1) is 12.0. The van der Waals surface area contributed by atoms with Crippen LogP contribution in [-0.2, 0) is 0 Å². The molecule has 96 valence electrons. The normalized spacial score (nSPS) is 11.2. The molecule has 0 spiro atoms. The molecule has 0 bridgehead atoms. The largest absolute Gasteiger partial charge is 0.263 e. The number of hydrogen-bond donors (Lipinski definition) is 0. The monoisotopic (exact) mass is 276 g/mol. The lowest BCUT2D eigenvalue weighted by molar-refractivity contribution is 0.619. The van der Waals surface area contributed by atoms with Crippen LogP contribution in [0.4, 0.5) is 4.39 Å². The molecular formula is C13H10ClFN4. The molecule has 0 fully saturated rings. The van der Waals surface area contributed by atoms with Crippen molar-refractivity contribution in [2.75, 3.05) is 0 Å². The van der Waals surface area contributed by atoms with E-state index >= 15 is 0 Å². The van der Waals surface area contributed by atoms with Gasteiger partial charge in [-0.25, -0.2) is 9.37 Å². The van der Waals surface area contributed by atoms with E-state index in [4.69, 9.17) is 11.6 Å². The van der Waals surface area contributed by atoms with E-state index in [0.29, 0.717) is 33.6 Å². The Morgan fingerprint density at radius 3 is 2.68 bits per heavy atom. The smallest absolute Gasteiger partial charge is 0.169 e. The van der Waals surface area contributed by atoms with Gasteiger partial charge in [-0.2, -0.15) is 0 Å². The van der Waals surface area contributed by atoms with E-state index in [9.17, 15) is 4.39 Å². The van der Waals surface area contributed by atoms with Crippen molar-refractivity contribution in [3.8, 4) is 11.4 Å². The van der Waals surface area contributed by atoms with Gasteiger partial charge in [0.1, 0.15) is 16.8 Å². The van der Waals surface area contributed by atoms with Gasteiger partial charge in [-0.05, 0) is 25.5 Å². The van der Waals surface area contributed by atoms with Gasteiger partial charge in [0.25, 0.3) is 0 Å². The van der Waals surface area contributed by atoms with Gasteiger partial charge in [0, 0.05) is 11.6 Å². The number of hydrogen-bond acceptors (Lipinski definition) is 3. The second kappa shape index (κ2) is 4.28. The molecule has 0 atom stereocenters. The Morgan fingerprint density at radius 2 is 1.95 bits per heavy atom. The van der Waals surface area contributed by atoms with Crippen molar-refractivity contribution < 1.29 is 4.39 Å². The summed E-state index contributed by atoms with van der Waals surface area (Å²) >= 11 is 5.87. The van der Waals surface area contributed by atoms with Gasteiger partial charge in [-0.3, -0.25) is 4.40 Å². The van der Waals surface area contributed by atoms with Crippen LogP contribution in [0.5, 0.6) is 0 Å². The van der Waals surface area contributed by atoms with Crippen LogP contribution in [0.1, 0.15) is 11.4 Å². The maximum atomic E-state index is 13.6. The molecule has 2 aromatic heterocycles. The number of rotatable bonds is 1. The van der Waals surface area contributed by atoms with Crippen LogP contribution >= 0.6 is 11.6 Å². The Labute approximate surface area is 113 Å². The molecule has 6 heteroatoms. The van der Waals surface area contributed by atoms with Gasteiger partial charge in [0.2, 0.25) is 0 Å². The van der Waals surface area contributed by atoms with Crippen LogP contribution in [0.25, 0.3) is 17.0 Å². The van der Waals surface area contributed by atoms with Gasteiger partial charge in [0.05, 0.1) is 0 Å². The molecule has 2 heterocycles. The van der Waals surface area contributed by atoms with E-state index in [1.165, 1.54) is 6.07 Å². The van der Waals surface area contributed by atoms with Gasteiger partial charge < -0.3 is 0 Å². The molecule has 0 unspecified atom stereocenters. The van der Waals surface area contributed by atoms with Crippen molar-refractivity contribution in [2.24, 2.45) is 0 Å². The first-order chi connectivity index (χ1) is 9.06. The SMILES string of the molecule is Cc1ccc(-c2nnc3cc(Cl)nc(C)n23)cc1F. The maximum absolute atomic E-state index is 13.6. The Hall–Kier alpha value is -2.01. The molecule has 3 aromatic rings. The summed E-state index contributed by atoms with van der Waals surface area (Å²) in [6, 6.07) is 6.59. The number of benzene rings is 1. The quantitative estimate of drug-likeness (QED) is 0.641. The summed E-state index contributed by atoms with van der Waals surface area (Å²) in [5.74, 6) is 0.938. The van der Waals surface area contributed by atoms with E-state index in [1.807, 2.05) is 6.07 Å². The van der Waals surface area contributed by atoms with Crippen LogP contribution in [-0.4, -0.2) is 19.6 Å². The number of aromatic nitrogens is 4. The van der Waals surface area contributed by atoms with Crippen molar-refractivity contribution in [1.29, 1.82) is 0 Å². The van der Waals surface area contributed by atoms with Crippen molar-refractivity contribution in [3.63, 3.8) is 0 Å². The van der Waals surface area contributed by atoms with Crippen LogP contribution < -0.4 is 0 Å². The lowest BCUT2D eigenvalue weighted by Gasteiger charge is -2.04. The van der Waals surface area contributed by atoms with E-state index < -0.39 is 0 Å². The number of aryl methyl sites for hydroxylation is 2. The minimum absolute atomic E-state index is 0.270. The third-order valence-corrected chi connectivity index (χ3v) is 3.15. The summed E-state index contributed by atoms with van der Waals surface area (Å²) in [6.07, 6.45) is 0. The van der Waals surface area contributed by atoms with Gasteiger partial charge >= 0.3 is 0 Å². The molecule has 1 aromatic carbocycles. The third kappa shape index (κ3) is 1.96. The fourth-order valence-corrected chi connectivity index (χ4v) is 2.19. The molecule has 0 aliphatic heterocycles. The average molecular weight is 277 g/mol. The van der Waals surface area contributed by atoms with E-state index in [-0.39, 0.29) is 5.82 Å². The Morgan fingerprint density at radius 1 is 1.16 bits per heavy atom. The topological polar surface area (TPSA) is 43.1 Å². The highest BCUT2D eigenvalue weighted by Gasteiger charge is 2.12. The fourth-order valence-electron chi connectivity index (χ4n) is 1.97. The number of halogens is 2. The minimum Gasteiger partial charge on any atom is -0.263 e. The van der Waals surface area contributed by atoms with Crippen LogP contribution in [0, 0.1) is 19.7 Å². The number of nitrogens with zero attached hydrogens (tertiary/aromatic N) is 4. The number of fused-ring (bicyclic) bond motifs is 1. The zero-order valence-electron chi connectivity index (χ0n) is 10.4.